The van der Waals surface area contributed by atoms with Crippen LogP contribution in [0.5, 0.6) is 11.5 Å². The molecule has 0 amide bonds. The number of methoxy groups -OCH3 is 1. The molecule has 0 spiro atoms. The van der Waals surface area contributed by atoms with Crippen LogP contribution in [0, 0.1) is 0 Å². The number of benzene rings is 1. The van der Waals surface area contributed by atoms with Gasteiger partial charge in [0.2, 0.25) is 0 Å². The van der Waals surface area contributed by atoms with Gasteiger partial charge in [0.15, 0.2) is 0 Å². The van der Waals surface area contributed by atoms with Gasteiger partial charge in [0, 0.05) is 17.8 Å². The lowest BCUT2D eigenvalue weighted by molar-refractivity contribution is 0.307. The molecule has 1 rings (SSSR count). The number of phenolic OH excluding ortho intramolecular Hbond substituents is 1. The quantitative estimate of drug-likeness (QED) is 0.699. The van der Waals surface area contributed by atoms with E-state index in [1.807, 2.05) is 0 Å². The summed E-state index contributed by atoms with van der Waals surface area (Å²) >= 11 is 0. The van der Waals surface area contributed by atoms with E-state index in [1.54, 1.807) is 18.3 Å². The first-order chi connectivity index (χ1) is 6.77. The van der Waals surface area contributed by atoms with Crippen molar-refractivity contribution in [3.8, 4) is 11.5 Å². The van der Waals surface area contributed by atoms with E-state index in [-0.39, 0.29) is 12.4 Å². The van der Waals surface area contributed by atoms with Crippen molar-refractivity contribution in [2.45, 2.75) is 0 Å². The number of phenols is 1. The van der Waals surface area contributed by atoms with Gasteiger partial charge in [-0.3, -0.25) is 4.99 Å². The predicted molar refractivity (Wildman–Crippen MR) is 54.2 cm³/mol. The van der Waals surface area contributed by atoms with Crippen LogP contribution in [0.4, 0.5) is 0 Å². The molecule has 4 heteroatoms. The van der Waals surface area contributed by atoms with Crippen molar-refractivity contribution in [3.63, 3.8) is 0 Å². The minimum absolute atomic E-state index is 0.0247. The van der Waals surface area contributed by atoms with Crippen LogP contribution < -0.4 is 4.74 Å². The fraction of sp³-hybridized carbons (Fsp3) is 0.300. The summed E-state index contributed by atoms with van der Waals surface area (Å²) in [6.45, 7) is 0.390. The average molecular weight is 195 g/mol. The highest BCUT2D eigenvalue weighted by molar-refractivity contribution is 5.83. The summed E-state index contributed by atoms with van der Waals surface area (Å²) in [5.41, 5.74) is 0.777. The van der Waals surface area contributed by atoms with Gasteiger partial charge in [0.05, 0.1) is 20.3 Å². The molecule has 0 radical (unpaired) electrons. The van der Waals surface area contributed by atoms with Gasteiger partial charge >= 0.3 is 0 Å². The first-order valence-electron chi connectivity index (χ1n) is 4.25. The van der Waals surface area contributed by atoms with Crippen LogP contribution >= 0.6 is 0 Å². The predicted octanol–water partition coefficient (Wildman–Crippen LogP) is 0.812. The molecule has 0 saturated heterocycles. The zero-order chi connectivity index (χ0) is 10.4. The lowest BCUT2D eigenvalue weighted by atomic mass is 10.2. The minimum Gasteiger partial charge on any atom is -0.508 e. The van der Waals surface area contributed by atoms with Crippen LogP contribution in [0.3, 0.4) is 0 Å². The fourth-order valence-corrected chi connectivity index (χ4v) is 1.03. The SMILES string of the molecule is COc1cc(O)ccc1C=NCCO. The molecule has 0 aliphatic rings. The highest BCUT2D eigenvalue weighted by atomic mass is 16.5. The maximum absolute atomic E-state index is 9.18. The van der Waals surface area contributed by atoms with E-state index in [1.165, 1.54) is 13.2 Å². The van der Waals surface area contributed by atoms with E-state index in [0.717, 1.165) is 5.56 Å². The summed E-state index contributed by atoms with van der Waals surface area (Å²) in [5, 5.41) is 17.7. The third-order valence-electron chi connectivity index (χ3n) is 1.68. The number of aliphatic imine (C=N–C) groups is 1. The Morgan fingerprint density at radius 1 is 1.50 bits per heavy atom. The summed E-state index contributed by atoms with van der Waals surface area (Å²) in [4.78, 5) is 3.96. The number of aliphatic hydroxyl groups is 1. The minimum atomic E-state index is 0.0247. The van der Waals surface area contributed by atoms with E-state index in [9.17, 15) is 5.11 Å². The van der Waals surface area contributed by atoms with Gasteiger partial charge in [-0.2, -0.15) is 0 Å². The van der Waals surface area contributed by atoms with Gasteiger partial charge in [0.1, 0.15) is 11.5 Å². The Morgan fingerprint density at radius 3 is 2.93 bits per heavy atom. The Balaban J connectivity index is 2.85. The fourth-order valence-electron chi connectivity index (χ4n) is 1.03. The van der Waals surface area contributed by atoms with Crippen molar-refractivity contribution in [2.75, 3.05) is 20.3 Å². The molecule has 0 atom stereocenters. The highest BCUT2D eigenvalue weighted by Gasteiger charge is 2.00. The van der Waals surface area contributed by atoms with Crippen molar-refractivity contribution < 1.29 is 14.9 Å². The second kappa shape index (κ2) is 5.24. The zero-order valence-corrected chi connectivity index (χ0v) is 7.97. The largest absolute Gasteiger partial charge is 0.508 e. The van der Waals surface area contributed by atoms with Gasteiger partial charge in [-0.1, -0.05) is 0 Å². The molecule has 0 heterocycles. The van der Waals surface area contributed by atoms with Gasteiger partial charge in [0.25, 0.3) is 0 Å². The lowest BCUT2D eigenvalue weighted by Gasteiger charge is -2.04. The normalized spacial score (nSPS) is 10.7. The molecule has 0 saturated carbocycles. The second-order valence-electron chi connectivity index (χ2n) is 2.69. The zero-order valence-electron chi connectivity index (χ0n) is 7.97. The van der Waals surface area contributed by atoms with E-state index in [0.29, 0.717) is 12.3 Å². The first-order valence-corrected chi connectivity index (χ1v) is 4.25. The highest BCUT2D eigenvalue weighted by Crippen LogP contribution is 2.21. The maximum Gasteiger partial charge on any atom is 0.131 e. The van der Waals surface area contributed by atoms with Gasteiger partial charge in [-0.15, -0.1) is 0 Å². The Bertz CT molecular complexity index is 323. The molecule has 14 heavy (non-hydrogen) atoms. The molecular formula is C10H13NO3. The van der Waals surface area contributed by atoms with Gasteiger partial charge in [-0.05, 0) is 12.1 Å². The van der Waals surface area contributed by atoms with E-state index in [2.05, 4.69) is 4.99 Å². The standard InChI is InChI=1S/C10H13NO3/c1-14-10-6-9(13)3-2-8(10)7-11-4-5-12/h2-3,6-7,12-13H,4-5H2,1H3. The molecule has 2 N–H and O–H groups in total. The summed E-state index contributed by atoms with van der Waals surface area (Å²) < 4.78 is 5.04. The smallest absolute Gasteiger partial charge is 0.131 e. The number of aromatic hydroxyl groups is 1. The Hall–Kier alpha value is -1.55. The van der Waals surface area contributed by atoms with Crippen molar-refractivity contribution >= 4 is 6.21 Å². The summed E-state index contributed by atoms with van der Waals surface area (Å²) in [5.74, 6) is 0.716. The van der Waals surface area contributed by atoms with Crippen LogP contribution in [-0.2, 0) is 0 Å². The Kier molecular flexibility index (Phi) is 3.94. The van der Waals surface area contributed by atoms with Crippen LogP contribution in [0.1, 0.15) is 5.56 Å². The third kappa shape index (κ3) is 2.74. The molecule has 0 unspecified atom stereocenters. The van der Waals surface area contributed by atoms with Crippen LogP contribution in [-0.4, -0.2) is 36.7 Å². The van der Waals surface area contributed by atoms with Crippen LogP contribution in [0.25, 0.3) is 0 Å². The van der Waals surface area contributed by atoms with Gasteiger partial charge < -0.3 is 14.9 Å². The molecule has 1 aromatic rings. The Labute approximate surface area is 82.5 Å². The Morgan fingerprint density at radius 2 is 2.29 bits per heavy atom. The molecule has 0 aliphatic carbocycles. The number of aliphatic hydroxyl groups excluding tert-OH is 1. The second-order valence-corrected chi connectivity index (χ2v) is 2.69. The summed E-state index contributed by atoms with van der Waals surface area (Å²) in [6.07, 6.45) is 1.61. The number of hydrogen-bond donors (Lipinski definition) is 2. The van der Waals surface area contributed by atoms with E-state index >= 15 is 0 Å². The molecule has 0 bridgehead atoms. The summed E-state index contributed by atoms with van der Waals surface area (Å²) in [7, 11) is 1.53. The topological polar surface area (TPSA) is 62.0 Å². The average Bonchev–Trinajstić information content (AvgIpc) is 2.20. The van der Waals surface area contributed by atoms with Crippen LogP contribution in [0.15, 0.2) is 23.2 Å². The molecule has 1 aromatic carbocycles. The van der Waals surface area contributed by atoms with Gasteiger partial charge in [-0.25, -0.2) is 0 Å². The molecule has 0 fully saturated rings. The van der Waals surface area contributed by atoms with E-state index < -0.39 is 0 Å². The summed E-state index contributed by atoms with van der Waals surface area (Å²) in [6, 6.07) is 4.78. The molecule has 4 nitrogen and oxygen atoms in total. The number of ether oxygens (including phenoxy) is 1. The van der Waals surface area contributed by atoms with Crippen molar-refractivity contribution in [3.05, 3.63) is 23.8 Å². The molecule has 76 valence electrons. The maximum atomic E-state index is 9.18. The van der Waals surface area contributed by atoms with Crippen molar-refractivity contribution in [1.29, 1.82) is 0 Å². The third-order valence-corrected chi connectivity index (χ3v) is 1.68. The molecular weight excluding hydrogens is 182 g/mol. The van der Waals surface area contributed by atoms with E-state index in [4.69, 9.17) is 9.84 Å². The number of hydrogen-bond acceptors (Lipinski definition) is 4. The lowest BCUT2D eigenvalue weighted by Crippen LogP contribution is -1.93. The van der Waals surface area contributed by atoms with Crippen molar-refractivity contribution in [2.24, 2.45) is 4.99 Å². The van der Waals surface area contributed by atoms with Crippen molar-refractivity contribution in [1.82, 2.24) is 0 Å². The molecule has 0 aliphatic heterocycles. The number of rotatable bonds is 4. The first kappa shape index (κ1) is 10.5. The monoisotopic (exact) mass is 195 g/mol. The number of nitrogens with zero attached hydrogens (tertiary/aromatic N) is 1. The van der Waals surface area contributed by atoms with Crippen LogP contribution in [0.2, 0.25) is 0 Å². The molecule has 0 aromatic heterocycles.